The number of rotatable bonds is 3. The lowest BCUT2D eigenvalue weighted by atomic mass is 10.1. The highest BCUT2D eigenvalue weighted by Gasteiger charge is 2.34. The summed E-state index contributed by atoms with van der Waals surface area (Å²) in [6.07, 6.45) is 3.52. The Morgan fingerprint density at radius 1 is 1.50 bits per heavy atom. The molecule has 5 heteroatoms. The molecule has 0 bridgehead atoms. The zero-order valence-corrected chi connectivity index (χ0v) is 14.3. The molecule has 1 aliphatic rings. The topological polar surface area (TPSA) is 45.7 Å². The van der Waals surface area contributed by atoms with Gasteiger partial charge in [-0.3, -0.25) is 0 Å². The monoisotopic (exact) mass is 305 g/mol. The number of carbonyl (C=O) groups is 1. The number of hydrogen-bond donors (Lipinski definition) is 0. The van der Waals surface area contributed by atoms with Crippen molar-refractivity contribution in [2.75, 3.05) is 25.0 Å². The van der Waals surface area contributed by atoms with Gasteiger partial charge >= 0.3 is 6.09 Å². The van der Waals surface area contributed by atoms with Crippen LogP contribution in [0.15, 0.2) is 18.3 Å². The molecule has 122 valence electrons. The Hall–Kier alpha value is -1.78. The van der Waals surface area contributed by atoms with E-state index in [2.05, 4.69) is 22.9 Å². The quantitative estimate of drug-likeness (QED) is 0.856. The minimum absolute atomic E-state index is 0.0487. The van der Waals surface area contributed by atoms with Crippen molar-refractivity contribution in [1.29, 1.82) is 0 Å². The zero-order chi connectivity index (χ0) is 16.3. The second kappa shape index (κ2) is 6.55. The van der Waals surface area contributed by atoms with Crippen molar-refractivity contribution in [1.82, 2.24) is 9.88 Å². The van der Waals surface area contributed by atoms with Crippen LogP contribution in [0.4, 0.5) is 10.6 Å². The van der Waals surface area contributed by atoms with Gasteiger partial charge in [0.15, 0.2) is 0 Å². The minimum atomic E-state index is -0.470. The molecule has 5 nitrogen and oxygen atoms in total. The van der Waals surface area contributed by atoms with Gasteiger partial charge in [0.05, 0.1) is 6.04 Å². The van der Waals surface area contributed by atoms with Gasteiger partial charge in [-0.25, -0.2) is 9.78 Å². The molecule has 1 aromatic heterocycles. The largest absolute Gasteiger partial charge is 0.444 e. The van der Waals surface area contributed by atoms with E-state index in [9.17, 15) is 4.79 Å². The molecular formula is C17H27N3O2. The molecule has 0 aromatic carbocycles. The van der Waals surface area contributed by atoms with Gasteiger partial charge in [0.25, 0.3) is 0 Å². The van der Waals surface area contributed by atoms with Gasteiger partial charge in [0, 0.05) is 31.9 Å². The molecule has 1 amide bonds. The number of aromatic nitrogens is 1. The molecule has 0 N–H and O–H groups in total. The third kappa shape index (κ3) is 3.70. The first-order valence-electron chi connectivity index (χ1n) is 7.99. The summed E-state index contributed by atoms with van der Waals surface area (Å²) in [4.78, 5) is 20.9. The second-order valence-corrected chi connectivity index (χ2v) is 6.76. The van der Waals surface area contributed by atoms with Crippen molar-refractivity contribution in [3.05, 3.63) is 23.9 Å². The SMILES string of the molecule is CCN(C)c1ncccc1[C@H]1CCCN1C(=O)OC(C)(C)C. The number of likely N-dealkylation sites (tertiary alicyclic amines) is 1. The Balaban J connectivity index is 2.26. The van der Waals surface area contributed by atoms with Crippen LogP contribution in [0.5, 0.6) is 0 Å². The summed E-state index contributed by atoms with van der Waals surface area (Å²) in [6, 6.07) is 4.06. The lowest BCUT2D eigenvalue weighted by molar-refractivity contribution is 0.0224. The summed E-state index contributed by atoms with van der Waals surface area (Å²) < 4.78 is 5.55. The molecule has 0 unspecified atom stereocenters. The molecule has 1 saturated heterocycles. The van der Waals surface area contributed by atoms with Crippen LogP contribution >= 0.6 is 0 Å². The maximum absolute atomic E-state index is 12.5. The lowest BCUT2D eigenvalue weighted by Crippen LogP contribution is -2.37. The summed E-state index contributed by atoms with van der Waals surface area (Å²) in [7, 11) is 2.03. The van der Waals surface area contributed by atoms with Gasteiger partial charge in [-0.1, -0.05) is 6.07 Å². The highest BCUT2D eigenvalue weighted by Crippen LogP contribution is 2.36. The van der Waals surface area contributed by atoms with Crippen molar-refractivity contribution in [2.24, 2.45) is 0 Å². The number of pyridine rings is 1. The first-order chi connectivity index (χ1) is 10.3. The average Bonchev–Trinajstić information content (AvgIpc) is 2.94. The van der Waals surface area contributed by atoms with Crippen molar-refractivity contribution >= 4 is 11.9 Å². The van der Waals surface area contributed by atoms with E-state index >= 15 is 0 Å². The average molecular weight is 305 g/mol. The molecule has 0 radical (unpaired) electrons. The Morgan fingerprint density at radius 3 is 2.86 bits per heavy atom. The first-order valence-corrected chi connectivity index (χ1v) is 7.99. The molecule has 2 heterocycles. The van der Waals surface area contributed by atoms with E-state index < -0.39 is 5.60 Å². The van der Waals surface area contributed by atoms with Crippen LogP contribution in [-0.4, -0.2) is 41.7 Å². The normalized spacial score (nSPS) is 18.4. The predicted molar refractivity (Wildman–Crippen MR) is 88.1 cm³/mol. The number of anilines is 1. The standard InChI is InChI=1S/C17H27N3O2/c1-6-19(5)15-13(9-7-11-18-15)14-10-8-12-20(14)16(21)22-17(2,3)4/h7,9,11,14H,6,8,10,12H2,1-5H3/t14-/m1/s1. The molecule has 0 spiro atoms. The third-order valence-electron chi connectivity index (χ3n) is 3.89. The number of carbonyl (C=O) groups excluding carboxylic acids is 1. The van der Waals surface area contributed by atoms with E-state index in [0.717, 1.165) is 37.3 Å². The summed E-state index contributed by atoms with van der Waals surface area (Å²) in [6.45, 7) is 9.41. The van der Waals surface area contributed by atoms with E-state index in [4.69, 9.17) is 4.74 Å². The number of hydrogen-bond acceptors (Lipinski definition) is 4. The Kier molecular flexibility index (Phi) is 4.94. The van der Waals surface area contributed by atoms with Gasteiger partial charge < -0.3 is 14.5 Å². The van der Waals surface area contributed by atoms with E-state index in [-0.39, 0.29) is 12.1 Å². The summed E-state index contributed by atoms with van der Waals surface area (Å²) >= 11 is 0. The smallest absolute Gasteiger partial charge is 0.410 e. The number of ether oxygens (including phenoxy) is 1. The second-order valence-electron chi connectivity index (χ2n) is 6.76. The Labute approximate surface area is 133 Å². The highest BCUT2D eigenvalue weighted by molar-refractivity contribution is 5.70. The molecule has 0 aliphatic carbocycles. The van der Waals surface area contributed by atoms with Crippen molar-refractivity contribution in [3.63, 3.8) is 0 Å². The molecule has 1 aromatic rings. The molecular weight excluding hydrogens is 278 g/mol. The fourth-order valence-electron chi connectivity index (χ4n) is 2.77. The minimum Gasteiger partial charge on any atom is -0.444 e. The van der Waals surface area contributed by atoms with E-state index in [1.54, 1.807) is 6.20 Å². The van der Waals surface area contributed by atoms with Crippen LogP contribution in [0.3, 0.4) is 0 Å². The number of nitrogens with zero attached hydrogens (tertiary/aromatic N) is 3. The maximum Gasteiger partial charge on any atom is 0.410 e. The van der Waals surface area contributed by atoms with Gasteiger partial charge in [-0.15, -0.1) is 0 Å². The van der Waals surface area contributed by atoms with Crippen LogP contribution in [0.25, 0.3) is 0 Å². The summed E-state index contributed by atoms with van der Waals surface area (Å²) in [5, 5.41) is 0. The third-order valence-corrected chi connectivity index (χ3v) is 3.89. The summed E-state index contributed by atoms with van der Waals surface area (Å²) in [5.74, 6) is 0.949. The van der Waals surface area contributed by atoms with Gasteiger partial charge in [0.1, 0.15) is 11.4 Å². The number of amides is 1. The molecule has 1 atom stereocenters. The van der Waals surface area contributed by atoms with Gasteiger partial charge in [-0.2, -0.15) is 0 Å². The maximum atomic E-state index is 12.5. The van der Waals surface area contributed by atoms with Crippen LogP contribution in [0.2, 0.25) is 0 Å². The summed E-state index contributed by atoms with van der Waals surface area (Å²) in [5.41, 5.74) is 0.637. The molecule has 1 fully saturated rings. The molecule has 2 rings (SSSR count). The van der Waals surface area contributed by atoms with E-state index in [1.807, 2.05) is 38.8 Å². The molecule has 22 heavy (non-hydrogen) atoms. The van der Waals surface area contributed by atoms with E-state index in [0.29, 0.717) is 0 Å². The van der Waals surface area contributed by atoms with Gasteiger partial charge in [-0.05, 0) is 46.6 Å². The Morgan fingerprint density at radius 2 is 2.23 bits per heavy atom. The molecule has 1 aliphatic heterocycles. The molecule has 0 saturated carbocycles. The van der Waals surface area contributed by atoms with Gasteiger partial charge in [0.2, 0.25) is 0 Å². The van der Waals surface area contributed by atoms with Crippen LogP contribution in [-0.2, 0) is 4.74 Å². The Bertz CT molecular complexity index is 525. The highest BCUT2D eigenvalue weighted by atomic mass is 16.6. The van der Waals surface area contributed by atoms with Crippen molar-refractivity contribution < 1.29 is 9.53 Å². The fraction of sp³-hybridized carbons (Fsp3) is 0.647. The fourth-order valence-corrected chi connectivity index (χ4v) is 2.77. The van der Waals surface area contributed by atoms with Crippen molar-refractivity contribution in [3.8, 4) is 0 Å². The van der Waals surface area contributed by atoms with Crippen molar-refractivity contribution in [2.45, 2.75) is 52.2 Å². The first kappa shape index (κ1) is 16.6. The zero-order valence-electron chi connectivity index (χ0n) is 14.3. The van der Waals surface area contributed by atoms with E-state index in [1.165, 1.54) is 0 Å². The lowest BCUT2D eigenvalue weighted by Gasteiger charge is -2.30. The van der Waals surface area contributed by atoms with Crippen LogP contribution < -0.4 is 4.90 Å². The van der Waals surface area contributed by atoms with Crippen LogP contribution in [0.1, 0.15) is 52.1 Å². The predicted octanol–water partition coefficient (Wildman–Crippen LogP) is 3.61. The van der Waals surface area contributed by atoms with Crippen LogP contribution in [0, 0.1) is 0 Å².